The van der Waals surface area contributed by atoms with E-state index >= 15 is 0 Å². The highest BCUT2D eigenvalue weighted by Crippen LogP contribution is 2.42. The molecule has 24 nitrogen and oxygen atoms in total. The van der Waals surface area contributed by atoms with Crippen LogP contribution in [0, 0.1) is 29.6 Å². The summed E-state index contributed by atoms with van der Waals surface area (Å²) in [6.45, 7) is 14.5. The summed E-state index contributed by atoms with van der Waals surface area (Å²) in [4.78, 5) is 108. The Morgan fingerprint density at radius 1 is 0.524 bits per heavy atom. The Morgan fingerprint density at radius 3 is 1.33 bits per heavy atom. The van der Waals surface area contributed by atoms with Crippen molar-refractivity contribution in [3.05, 3.63) is 180 Å². The van der Waals surface area contributed by atoms with Crippen molar-refractivity contribution in [2.75, 3.05) is 39.3 Å². The first-order chi connectivity index (χ1) is 49.3. The highest BCUT2D eigenvalue weighted by atomic mass is 19.3. The van der Waals surface area contributed by atoms with Gasteiger partial charge in [-0.1, -0.05) is 127 Å². The average molecular weight is 1470 g/mol. The number of likely N-dealkylation sites (tertiary alicyclic amines) is 3. The minimum atomic E-state index is -2.73. The molecule has 7 aromatic rings. The lowest BCUT2D eigenvalue weighted by Gasteiger charge is -2.27. The topological polar surface area (TPSA) is 309 Å². The van der Waals surface area contributed by atoms with Gasteiger partial charge in [0, 0.05) is 146 Å². The molecule has 0 bridgehead atoms. The van der Waals surface area contributed by atoms with Gasteiger partial charge in [0.2, 0.25) is 23.7 Å². The number of nitrogens with two attached hydrogens (primary N) is 1. The number of carbonyl (C=O) groups excluding carboxylic acids is 4. The molecular weight excluding hydrogens is 1370 g/mol. The SMILES string of the molecule is C.C.CC1CN(Cc2ccccc2)CC1c1nn2c(C3CCC(F)(F)CC3)ncc2c(=O)[nH]1.CC1CN(Cc2ccccc2)CC1c1nnc(CN)c(=O)[nH]1.CC1CN(Cc2ccccc2)CC1c1nnc(CNC(=O)C2CCC(F)(F)CC2)c(=O)[nH]1.O=C(ON1C(=O)CCC1=O)C1CCC(F)(F)CC1. The lowest BCUT2D eigenvalue weighted by Crippen LogP contribution is -2.37. The van der Waals surface area contributed by atoms with Crippen molar-refractivity contribution in [3.63, 3.8) is 0 Å². The van der Waals surface area contributed by atoms with Gasteiger partial charge in [-0.15, -0.1) is 25.5 Å². The van der Waals surface area contributed by atoms with Crippen LogP contribution in [0.4, 0.5) is 26.3 Å². The van der Waals surface area contributed by atoms with Crippen molar-refractivity contribution >= 4 is 29.2 Å². The molecule has 7 aliphatic rings. The van der Waals surface area contributed by atoms with E-state index in [9.17, 15) is 59.9 Å². The first-order valence-electron chi connectivity index (χ1n) is 35.6. The zero-order valence-corrected chi connectivity index (χ0v) is 58.1. The Labute approximate surface area is 606 Å². The van der Waals surface area contributed by atoms with E-state index in [1.807, 2.05) is 42.5 Å². The van der Waals surface area contributed by atoms with Crippen LogP contribution in [-0.4, -0.2) is 150 Å². The van der Waals surface area contributed by atoms with Gasteiger partial charge in [-0.2, -0.15) is 5.10 Å². The van der Waals surface area contributed by atoms with Gasteiger partial charge in [0.25, 0.3) is 28.5 Å². The second kappa shape index (κ2) is 35.5. The Bertz CT molecular complexity index is 4200. The van der Waals surface area contributed by atoms with Crippen LogP contribution < -0.4 is 27.7 Å². The van der Waals surface area contributed by atoms with Crippen LogP contribution in [0.5, 0.6) is 0 Å². The number of hydrogen-bond acceptors (Lipinski definition) is 18. The molecule has 4 aromatic heterocycles. The van der Waals surface area contributed by atoms with E-state index < -0.39 is 47.4 Å². The van der Waals surface area contributed by atoms with Crippen LogP contribution >= 0.6 is 0 Å². The number of fused-ring (bicyclic) bond motifs is 1. The van der Waals surface area contributed by atoms with Crippen molar-refractivity contribution in [3.8, 4) is 0 Å². The van der Waals surface area contributed by atoms with Crippen molar-refractivity contribution in [2.45, 2.75) is 200 Å². The first kappa shape index (κ1) is 80.2. The Balaban J connectivity index is 0.000000165. The standard InChI is InChI=1S/C23H29F2N5O2.C23H27F2N5O.C16H21N5O.C11H13F2NO4.2CH4/c1-15-12-30(13-16-5-3-2-4-6-16)14-18(15)20-27-22(32)19(28-29-20)11-26-21(31)17-7-9-23(24,25)10-8-17;1-15-12-29(13-16-5-3-2-4-6-16)14-18(15)20-27-22(31)19-11-26-21(30(19)28-20)17-7-9-23(24,25)10-8-17;1-11-8-21(9-12-5-3-2-4-6-12)10-13(11)15-18-16(22)14(7-17)19-20-15;12-11(13)5-3-7(4-6-11)10(17)18-14-8(15)1-2-9(14)16;;/h2-6,15,17-18H,7-14H2,1H3,(H,26,31)(H,27,29,32);2-6,11,15,17-18H,7-10,12-14H2,1H3,(H,27,28,31);2-6,11,13H,7-10,17H2,1H3,(H,18,20,22);7H,1-6H2;2*1H4. The molecule has 6 atom stereocenters. The number of carbonyl (C=O) groups is 4. The number of halogens is 6. The van der Waals surface area contributed by atoms with E-state index in [-0.39, 0.29) is 163 Å². The number of hydrogen-bond donors (Lipinski definition) is 5. The zero-order chi connectivity index (χ0) is 73.2. The summed E-state index contributed by atoms with van der Waals surface area (Å²) in [5.74, 6) is -7.43. The number of rotatable bonds is 16. The molecule has 6 N–H and O–H groups in total. The van der Waals surface area contributed by atoms with E-state index in [0.29, 0.717) is 64.5 Å². The Kier molecular flexibility index (Phi) is 27.1. The molecule has 3 amide bonds. The Hall–Kier alpha value is -8.87. The zero-order valence-electron chi connectivity index (χ0n) is 58.1. The highest BCUT2D eigenvalue weighted by Gasteiger charge is 2.43. The third-order valence-corrected chi connectivity index (χ3v) is 20.9. The summed E-state index contributed by atoms with van der Waals surface area (Å²) >= 11 is 0. The van der Waals surface area contributed by atoms with Crippen LogP contribution in [0.25, 0.3) is 5.52 Å². The molecule has 0 spiro atoms. The van der Waals surface area contributed by atoms with Crippen molar-refractivity contribution in [2.24, 2.45) is 35.3 Å². The number of hydroxylamine groups is 2. The second-order valence-corrected chi connectivity index (χ2v) is 28.8. The molecule has 0 radical (unpaired) electrons. The summed E-state index contributed by atoms with van der Waals surface area (Å²) < 4.78 is 81.2. The molecule has 3 aromatic carbocycles. The number of nitrogens with zero attached hydrogens (tertiary/aromatic N) is 11. The van der Waals surface area contributed by atoms with Gasteiger partial charge in [-0.25, -0.2) is 40.6 Å². The third kappa shape index (κ3) is 21.0. The Morgan fingerprint density at radius 2 is 0.914 bits per heavy atom. The quantitative estimate of drug-likeness (QED) is 0.0443. The number of H-pyrrole nitrogens is 3. The molecule has 14 rings (SSSR count). The summed E-state index contributed by atoms with van der Waals surface area (Å²) in [7, 11) is 0. The van der Waals surface area contributed by atoms with Crippen LogP contribution in [0.3, 0.4) is 0 Å². The van der Waals surface area contributed by atoms with Crippen molar-refractivity contribution in [1.29, 1.82) is 0 Å². The first-order valence-corrected chi connectivity index (χ1v) is 35.6. The van der Waals surface area contributed by atoms with Crippen LogP contribution in [0.15, 0.2) is 112 Å². The van der Waals surface area contributed by atoms with Crippen molar-refractivity contribution < 1.29 is 50.4 Å². The fourth-order valence-corrected chi connectivity index (χ4v) is 14.9. The van der Waals surface area contributed by atoms with E-state index in [1.54, 1.807) is 4.52 Å². The van der Waals surface area contributed by atoms with Gasteiger partial charge in [-0.3, -0.25) is 43.5 Å². The predicted molar refractivity (Wildman–Crippen MR) is 380 cm³/mol. The summed E-state index contributed by atoms with van der Waals surface area (Å²) in [5, 5.41) is 24.3. The number of aromatic amines is 3. The average Bonchev–Trinajstić information content (AvgIpc) is 1.62. The smallest absolute Gasteiger partial charge is 0.336 e. The molecule has 8 heterocycles. The third-order valence-electron chi connectivity index (χ3n) is 20.9. The monoisotopic (exact) mass is 1460 g/mol. The maximum Gasteiger partial charge on any atom is 0.336 e. The molecule has 105 heavy (non-hydrogen) atoms. The molecular formula is C75H98F6N16O8. The number of benzene rings is 3. The van der Waals surface area contributed by atoms with Gasteiger partial charge in [0.1, 0.15) is 34.7 Å². The van der Waals surface area contributed by atoms with Crippen molar-refractivity contribution in [1.82, 2.24) is 75.0 Å². The summed E-state index contributed by atoms with van der Waals surface area (Å²) in [5.41, 5.74) is 9.23. The van der Waals surface area contributed by atoms with Gasteiger partial charge in [0.15, 0.2) is 5.52 Å². The lowest BCUT2D eigenvalue weighted by atomic mass is 9.86. The van der Waals surface area contributed by atoms with E-state index in [2.05, 4.69) is 130 Å². The number of nitrogens with one attached hydrogen (secondary N) is 4. The van der Waals surface area contributed by atoms with Gasteiger partial charge >= 0.3 is 5.97 Å². The maximum absolute atomic E-state index is 13.6. The predicted octanol–water partition coefficient (Wildman–Crippen LogP) is 10.3. The minimum Gasteiger partial charge on any atom is -0.350 e. The highest BCUT2D eigenvalue weighted by molar-refractivity contribution is 6.01. The van der Waals surface area contributed by atoms with E-state index in [0.717, 1.165) is 58.9 Å². The second-order valence-electron chi connectivity index (χ2n) is 28.8. The van der Waals surface area contributed by atoms with E-state index in [1.165, 1.54) is 22.9 Å². The summed E-state index contributed by atoms with van der Waals surface area (Å²) in [6, 6.07) is 31.0. The lowest BCUT2D eigenvalue weighted by molar-refractivity contribution is -0.202. The number of amides is 3. The fraction of sp³-hybridized carbons (Fsp3) is 0.560. The molecule has 568 valence electrons. The van der Waals surface area contributed by atoms with Gasteiger partial charge in [-0.05, 0) is 73.0 Å². The molecule has 3 saturated carbocycles. The van der Waals surface area contributed by atoms with E-state index in [4.69, 9.17) is 15.7 Å². The molecule has 4 saturated heterocycles. The van der Waals surface area contributed by atoms with Gasteiger partial charge in [0.05, 0.1) is 18.7 Å². The normalized spacial score (nSPS) is 23.4. The summed E-state index contributed by atoms with van der Waals surface area (Å²) in [6.07, 6.45) is 1.04. The number of imide groups is 1. The number of aromatic nitrogens is 10. The number of alkyl halides is 6. The molecule has 6 unspecified atom stereocenters. The number of imidazole rings is 1. The maximum atomic E-state index is 13.6. The molecule has 30 heteroatoms. The minimum absolute atomic E-state index is 0. The molecule has 4 aliphatic heterocycles. The van der Waals surface area contributed by atoms with Crippen LogP contribution in [0.2, 0.25) is 0 Å². The van der Waals surface area contributed by atoms with Gasteiger partial charge < -0.3 is 30.8 Å². The van der Waals surface area contributed by atoms with Crippen LogP contribution in [-0.2, 0) is 56.7 Å². The molecule has 7 fully saturated rings. The van der Waals surface area contributed by atoms with Crippen LogP contribution in [0.1, 0.15) is 201 Å². The fourth-order valence-electron chi connectivity index (χ4n) is 14.9. The molecule has 3 aliphatic carbocycles. The largest absolute Gasteiger partial charge is 0.350 e.